The van der Waals surface area contributed by atoms with Gasteiger partial charge in [-0.3, -0.25) is 9.80 Å². The quantitative estimate of drug-likeness (QED) is 0.580. The molecule has 0 aromatic heterocycles. The number of nitrogens with zero attached hydrogens (tertiary/aromatic N) is 2. The molecule has 2 atom stereocenters. The fourth-order valence-corrected chi connectivity index (χ4v) is 1.58. The van der Waals surface area contributed by atoms with Gasteiger partial charge in [0.25, 0.3) is 0 Å². The predicted molar refractivity (Wildman–Crippen MR) is 45.3 cm³/mol. The molecule has 0 aliphatic carbocycles. The van der Waals surface area contributed by atoms with Gasteiger partial charge in [-0.15, -0.1) is 0 Å². The van der Waals surface area contributed by atoms with Crippen molar-refractivity contribution in [1.82, 2.24) is 9.80 Å². The molecule has 3 heteroatoms. The summed E-state index contributed by atoms with van der Waals surface area (Å²) in [5.74, 6) is 0. The average molecular weight is 158 g/mol. The van der Waals surface area contributed by atoms with E-state index < -0.39 is 0 Å². The Morgan fingerprint density at radius 1 is 1.45 bits per heavy atom. The molecule has 66 valence electrons. The highest BCUT2D eigenvalue weighted by Gasteiger charge is 2.26. The molecule has 1 heterocycles. The van der Waals surface area contributed by atoms with Gasteiger partial charge in [0.05, 0.1) is 12.8 Å². The van der Waals surface area contributed by atoms with Crippen LogP contribution in [0.4, 0.5) is 0 Å². The van der Waals surface area contributed by atoms with Crippen LogP contribution in [0.5, 0.6) is 0 Å². The van der Waals surface area contributed by atoms with Crippen LogP contribution in [0, 0.1) is 0 Å². The Morgan fingerprint density at radius 3 is 2.64 bits per heavy atom. The van der Waals surface area contributed by atoms with Crippen LogP contribution in [-0.2, 0) is 0 Å². The normalized spacial score (nSPS) is 36.0. The Bertz CT molecular complexity index is 127. The minimum atomic E-state index is 0.286. The Balaban J connectivity index is 2.52. The summed E-state index contributed by atoms with van der Waals surface area (Å²) in [4.78, 5) is 4.52. The first-order valence-corrected chi connectivity index (χ1v) is 4.20. The van der Waals surface area contributed by atoms with Crippen LogP contribution < -0.4 is 0 Å². The lowest BCUT2D eigenvalue weighted by atomic mass is 10.1. The monoisotopic (exact) mass is 158 g/mol. The third-order valence-corrected chi connectivity index (χ3v) is 2.83. The molecule has 0 saturated carbocycles. The molecule has 11 heavy (non-hydrogen) atoms. The van der Waals surface area contributed by atoms with Gasteiger partial charge >= 0.3 is 0 Å². The molecule has 0 aromatic carbocycles. The molecular formula is C8H18N2O. The van der Waals surface area contributed by atoms with E-state index in [1.54, 1.807) is 0 Å². The van der Waals surface area contributed by atoms with Crippen LogP contribution in [0.15, 0.2) is 0 Å². The molecule has 0 bridgehead atoms. The number of likely N-dealkylation sites (N-methyl/N-ethyl adjacent to an activating group) is 1. The predicted octanol–water partition coefficient (Wildman–Crippen LogP) is -0.0394. The second kappa shape index (κ2) is 3.52. The van der Waals surface area contributed by atoms with Crippen molar-refractivity contribution in [2.24, 2.45) is 0 Å². The maximum absolute atomic E-state index is 9.01. The molecule has 1 fully saturated rings. The molecule has 0 radical (unpaired) electrons. The number of aliphatic hydroxyl groups is 1. The molecule has 1 N–H and O–H groups in total. The van der Waals surface area contributed by atoms with E-state index in [1.807, 2.05) is 0 Å². The number of hydrogen-bond donors (Lipinski definition) is 1. The lowest BCUT2D eigenvalue weighted by Crippen LogP contribution is -2.54. The maximum Gasteiger partial charge on any atom is 0.0591 e. The zero-order valence-corrected chi connectivity index (χ0v) is 7.62. The van der Waals surface area contributed by atoms with Crippen LogP contribution in [0.1, 0.15) is 13.3 Å². The van der Waals surface area contributed by atoms with E-state index >= 15 is 0 Å². The molecule has 2 unspecified atom stereocenters. The highest BCUT2D eigenvalue weighted by molar-refractivity contribution is 4.79. The zero-order valence-electron chi connectivity index (χ0n) is 7.62. The van der Waals surface area contributed by atoms with Crippen LogP contribution in [0.2, 0.25) is 0 Å². The third kappa shape index (κ3) is 1.72. The highest BCUT2D eigenvalue weighted by atomic mass is 16.3. The zero-order chi connectivity index (χ0) is 8.43. The van der Waals surface area contributed by atoms with Crippen molar-refractivity contribution in [3.8, 4) is 0 Å². The van der Waals surface area contributed by atoms with Crippen LogP contribution in [0.3, 0.4) is 0 Å². The summed E-state index contributed by atoms with van der Waals surface area (Å²) in [6.45, 7) is 3.55. The Kier molecular flexibility index (Phi) is 2.87. The van der Waals surface area contributed by atoms with Crippen LogP contribution >= 0.6 is 0 Å². The smallest absolute Gasteiger partial charge is 0.0591 e. The number of aliphatic hydroxyl groups excluding tert-OH is 1. The highest BCUT2D eigenvalue weighted by Crippen LogP contribution is 2.15. The van der Waals surface area contributed by atoms with Gasteiger partial charge < -0.3 is 5.11 Å². The molecule has 1 aliphatic rings. The largest absolute Gasteiger partial charge is 0.395 e. The summed E-state index contributed by atoms with van der Waals surface area (Å²) < 4.78 is 0. The minimum Gasteiger partial charge on any atom is -0.395 e. The molecule has 1 aliphatic heterocycles. The summed E-state index contributed by atoms with van der Waals surface area (Å²) in [5.41, 5.74) is 0. The fourth-order valence-electron chi connectivity index (χ4n) is 1.58. The summed E-state index contributed by atoms with van der Waals surface area (Å²) in [6, 6.07) is 0.362. The average Bonchev–Trinajstić information content (AvgIpc) is 2.01. The van der Waals surface area contributed by atoms with Gasteiger partial charge in [-0.1, -0.05) is 0 Å². The maximum atomic E-state index is 9.01. The number of rotatable bonds is 1. The lowest BCUT2D eigenvalue weighted by Gasteiger charge is -2.42. The van der Waals surface area contributed by atoms with Gasteiger partial charge in [-0.2, -0.15) is 0 Å². The van der Waals surface area contributed by atoms with E-state index in [0.717, 1.165) is 13.0 Å². The van der Waals surface area contributed by atoms with Gasteiger partial charge in [0.2, 0.25) is 0 Å². The fraction of sp³-hybridized carbons (Fsp3) is 1.00. The molecular weight excluding hydrogens is 140 g/mol. The van der Waals surface area contributed by atoms with Crippen molar-refractivity contribution in [2.75, 3.05) is 27.2 Å². The first kappa shape index (κ1) is 8.97. The SMILES string of the molecule is CC1N(C)CCC(CO)N1C. The van der Waals surface area contributed by atoms with Gasteiger partial charge in [-0.05, 0) is 27.4 Å². The van der Waals surface area contributed by atoms with E-state index in [0.29, 0.717) is 12.2 Å². The lowest BCUT2D eigenvalue weighted by molar-refractivity contribution is -0.00951. The summed E-state index contributed by atoms with van der Waals surface area (Å²) in [5, 5.41) is 9.01. The van der Waals surface area contributed by atoms with Crippen molar-refractivity contribution in [3.05, 3.63) is 0 Å². The first-order valence-electron chi connectivity index (χ1n) is 4.20. The Morgan fingerprint density at radius 2 is 2.09 bits per heavy atom. The van der Waals surface area contributed by atoms with Crippen LogP contribution in [0.25, 0.3) is 0 Å². The standard InChI is InChI=1S/C8H18N2O/c1-7-9(2)5-4-8(6-11)10(7)3/h7-8,11H,4-6H2,1-3H3. The van der Waals surface area contributed by atoms with Crippen molar-refractivity contribution in [3.63, 3.8) is 0 Å². The van der Waals surface area contributed by atoms with Gasteiger partial charge in [-0.25, -0.2) is 0 Å². The van der Waals surface area contributed by atoms with E-state index in [9.17, 15) is 0 Å². The molecule has 1 rings (SSSR count). The second-order valence-electron chi connectivity index (χ2n) is 3.40. The Hall–Kier alpha value is -0.120. The minimum absolute atomic E-state index is 0.286. The molecule has 1 saturated heterocycles. The van der Waals surface area contributed by atoms with Gasteiger partial charge in [0, 0.05) is 12.6 Å². The molecule has 3 nitrogen and oxygen atoms in total. The van der Waals surface area contributed by atoms with Crippen molar-refractivity contribution in [2.45, 2.75) is 25.6 Å². The first-order chi connectivity index (χ1) is 5.16. The summed E-state index contributed by atoms with van der Waals surface area (Å²) >= 11 is 0. The molecule has 0 spiro atoms. The van der Waals surface area contributed by atoms with Gasteiger partial charge in [0.1, 0.15) is 0 Å². The van der Waals surface area contributed by atoms with E-state index in [-0.39, 0.29) is 6.61 Å². The molecule has 0 aromatic rings. The summed E-state index contributed by atoms with van der Waals surface area (Å²) in [7, 11) is 4.19. The van der Waals surface area contributed by atoms with Crippen molar-refractivity contribution in [1.29, 1.82) is 0 Å². The van der Waals surface area contributed by atoms with E-state index in [2.05, 4.69) is 30.8 Å². The van der Waals surface area contributed by atoms with E-state index in [1.165, 1.54) is 0 Å². The van der Waals surface area contributed by atoms with Crippen molar-refractivity contribution >= 4 is 0 Å². The van der Waals surface area contributed by atoms with Crippen molar-refractivity contribution < 1.29 is 5.11 Å². The number of hydrogen-bond acceptors (Lipinski definition) is 3. The van der Waals surface area contributed by atoms with Crippen LogP contribution in [-0.4, -0.2) is 54.4 Å². The summed E-state index contributed by atoms with van der Waals surface area (Å²) in [6.07, 6.45) is 1.54. The topological polar surface area (TPSA) is 26.7 Å². The Labute approximate surface area is 68.6 Å². The van der Waals surface area contributed by atoms with Gasteiger partial charge in [0.15, 0.2) is 0 Å². The molecule has 0 amide bonds. The van der Waals surface area contributed by atoms with E-state index in [4.69, 9.17) is 5.11 Å². The second-order valence-corrected chi connectivity index (χ2v) is 3.40. The third-order valence-electron chi connectivity index (χ3n) is 2.83.